The topological polar surface area (TPSA) is 58.0 Å². The molecule has 13 heavy (non-hydrogen) atoms. The first-order valence-corrected chi connectivity index (χ1v) is 4.14. The van der Waals surface area contributed by atoms with E-state index >= 15 is 0 Å². The van der Waals surface area contributed by atoms with Gasteiger partial charge in [-0.15, -0.1) is 0 Å². The van der Waals surface area contributed by atoms with Gasteiger partial charge in [-0.25, -0.2) is 0 Å². The third-order valence-electron chi connectivity index (χ3n) is 1.64. The summed E-state index contributed by atoms with van der Waals surface area (Å²) >= 11 is 0. The van der Waals surface area contributed by atoms with Gasteiger partial charge in [0.05, 0.1) is 6.61 Å². The van der Waals surface area contributed by atoms with Crippen molar-refractivity contribution in [2.75, 3.05) is 6.61 Å². The standard InChI is InChI=1S/C9H11N3O/c10-11-12-13-8-4-7-9-5-2-1-3-6-9/h1-3,5-6H,4,7-8H2. The Labute approximate surface area is 76.7 Å². The van der Waals surface area contributed by atoms with E-state index in [1.165, 1.54) is 5.56 Å². The second kappa shape index (κ2) is 5.91. The summed E-state index contributed by atoms with van der Waals surface area (Å²) in [7, 11) is 0. The lowest BCUT2D eigenvalue weighted by molar-refractivity contribution is 0.136. The molecule has 0 fully saturated rings. The average Bonchev–Trinajstić information content (AvgIpc) is 2.19. The van der Waals surface area contributed by atoms with Gasteiger partial charge >= 0.3 is 0 Å². The molecule has 1 aromatic carbocycles. The van der Waals surface area contributed by atoms with Crippen LogP contribution < -0.4 is 0 Å². The molecule has 0 amide bonds. The average molecular weight is 177 g/mol. The summed E-state index contributed by atoms with van der Waals surface area (Å²) in [5, 5.41) is 2.98. The maximum atomic E-state index is 7.92. The molecule has 68 valence electrons. The van der Waals surface area contributed by atoms with Crippen LogP contribution in [0.25, 0.3) is 10.4 Å². The smallest absolute Gasteiger partial charge is 0.111 e. The zero-order chi connectivity index (χ0) is 9.36. The van der Waals surface area contributed by atoms with Crippen LogP contribution in [0, 0.1) is 0 Å². The highest BCUT2D eigenvalue weighted by Gasteiger charge is 1.90. The van der Waals surface area contributed by atoms with Crippen molar-refractivity contribution in [2.24, 2.45) is 5.28 Å². The summed E-state index contributed by atoms with van der Waals surface area (Å²) in [6, 6.07) is 10.1. The molecule has 1 rings (SSSR count). The van der Waals surface area contributed by atoms with Crippen LogP contribution in [0.15, 0.2) is 35.6 Å². The lowest BCUT2D eigenvalue weighted by atomic mass is 10.1. The van der Waals surface area contributed by atoms with Crippen LogP contribution in [0.3, 0.4) is 0 Å². The molecule has 4 nitrogen and oxygen atoms in total. The highest BCUT2D eigenvalue weighted by molar-refractivity contribution is 5.14. The van der Waals surface area contributed by atoms with Gasteiger partial charge in [0, 0.05) is 4.91 Å². The van der Waals surface area contributed by atoms with Crippen LogP contribution in [0.1, 0.15) is 12.0 Å². The number of hydrogen-bond acceptors (Lipinski definition) is 2. The summed E-state index contributed by atoms with van der Waals surface area (Å²) in [4.78, 5) is 7.10. The van der Waals surface area contributed by atoms with Crippen molar-refractivity contribution in [2.45, 2.75) is 12.8 Å². The van der Waals surface area contributed by atoms with Crippen molar-refractivity contribution < 1.29 is 4.84 Å². The number of benzene rings is 1. The van der Waals surface area contributed by atoms with E-state index in [4.69, 9.17) is 5.53 Å². The molecule has 0 aliphatic heterocycles. The lowest BCUT2D eigenvalue weighted by Gasteiger charge is -1.99. The molecule has 0 aliphatic rings. The van der Waals surface area contributed by atoms with Gasteiger partial charge in [0.15, 0.2) is 0 Å². The Bertz CT molecular complexity index is 280. The third kappa shape index (κ3) is 4.03. The predicted molar refractivity (Wildman–Crippen MR) is 49.9 cm³/mol. The van der Waals surface area contributed by atoms with Gasteiger partial charge in [-0.05, 0) is 23.9 Å². The second-order valence-corrected chi connectivity index (χ2v) is 2.59. The Morgan fingerprint density at radius 2 is 2.08 bits per heavy atom. The third-order valence-corrected chi connectivity index (χ3v) is 1.64. The van der Waals surface area contributed by atoms with Gasteiger partial charge in [0.1, 0.15) is 5.28 Å². The van der Waals surface area contributed by atoms with Crippen LogP contribution in [0.4, 0.5) is 0 Å². The van der Waals surface area contributed by atoms with Gasteiger partial charge in [-0.1, -0.05) is 30.3 Å². The Kier molecular flexibility index (Phi) is 4.29. The molecule has 0 atom stereocenters. The Morgan fingerprint density at radius 3 is 2.77 bits per heavy atom. The summed E-state index contributed by atoms with van der Waals surface area (Å²) in [5.74, 6) is 0. The molecule has 4 heteroatoms. The number of hydrogen-bond donors (Lipinski definition) is 0. The van der Waals surface area contributed by atoms with E-state index in [0.717, 1.165) is 12.8 Å². The molecule has 0 spiro atoms. The van der Waals surface area contributed by atoms with Crippen LogP contribution in [-0.2, 0) is 11.3 Å². The van der Waals surface area contributed by atoms with E-state index in [-0.39, 0.29) is 0 Å². The van der Waals surface area contributed by atoms with E-state index in [1.54, 1.807) is 0 Å². The molecular formula is C9H11N3O. The van der Waals surface area contributed by atoms with E-state index in [0.29, 0.717) is 6.61 Å². The summed E-state index contributed by atoms with van der Waals surface area (Å²) < 4.78 is 0. The number of azide groups is 1. The first kappa shape index (κ1) is 9.42. The minimum Gasteiger partial charge on any atom is -0.434 e. The van der Waals surface area contributed by atoms with Crippen molar-refractivity contribution >= 4 is 0 Å². The van der Waals surface area contributed by atoms with Crippen molar-refractivity contribution in [3.8, 4) is 0 Å². The summed E-state index contributed by atoms with van der Waals surface area (Å²) in [5.41, 5.74) is 9.19. The molecule has 0 saturated carbocycles. The van der Waals surface area contributed by atoms with Crippen molar-refractivity contribution in [3.05, 3.63) is 46.3 Å². The fraction of sp³-hybridized carbons (Fsp3) is 0.333. The minimum absolute atomic E-state index is 0.471. The monoisotopic (exact) mass is 177 g/mol. The summed E-state index contributed by atoms with van der Waals surface area (Å²) in [6.07, 6.45) is 1.81. The van der Waals surface area contributed by atoms with E-state index in [9.17, 15) is 0 Å². The molecule has 0 heterocycles. The molecule has 0 aliphatic carbocycles. The maximum Gasteiger partial charge on any atom is 0.111 e. The van der Waals surface area contributed by atoms with Gasteiger partial charge < -0.3 is 4.84 Å². The molecule has 0 unspecified atom stereocenters. The fourth-order valence-corrected chi connectivity index (χ4v) is 1.05. The molecule has 0 aromatic heterocycles. The Morgan fingerprint density at radius 1 is 1.31 bits per heavy atom. The molecular weight excluding hydrogens is 166 g/mol. The number of aryl methyl sites for hydroxylation is 1. The molecule has 0 saturated heterocycles. The zero-order valence-corrected chi connectivity index (χ0v) is 7.26. The maximum absolute atomic E-state index is 7.92. The van der Waals surface area contributed by atoms with Crippen LogP contribution in [-0.4, -0.2) is 6.61 Å². The zero-order valence-electron chi connectivity index (χ0n) is 7.26. The first-order valence-electron chi connectivity index (χ1n) is 4.14. The Balaban J connectivity index is 2.17. The number of nitrogens with zero attached hydrogens (tertiary/aromatic N) is 3. The molecule has 1 aromatic rings. The van der Waals surface area contributed by atoms with Gasteiger partial charge in [0.2, 0.25) is 0 Å². The Hall–Kier alpha value is -1.67. The molecule has 0 N–H and O–H groups in total. The predicted octanol–water partition coefficient (Wildman–Crippen LogP) is 2.86. The van der Waals surface area contributed by atoms with Crippen LogP contribution in [0.5, 0.6) is 0 Å². The fourth-order valence-electron chi connectivity index (χ4n) is 1.05. The van der Waals surface area contributed by atoms with E-state index in [1.807, 2.05) is 18.2 Å². The van der Waals surface area contributed by atoms with Crippen molar-refractivity contribution in [1.29, 1.82) is 0 Å². The largest absolute Gasteiger partial charge is 0.434 e. The van der Waals surface area contributed by atoms with Gasteiger partial charge in [-0.2, -0.15) is 0 Å². The van der Waals surface area contributed by atoms with E-state index in [2.05, 4.69) is 27.2 Å². The highest BCUT2D eigenvalue weighted by Crippen LogP contribution is 2.02. The van der Waals surface area contributed by atoms with Crippen molar-refractivity contribution in [3.63, 3.8) is 0 Å². The van der Waals surface area contributed by atoms with E-state index < -0.39 is 0 Å². The highest BCUT2D eigenvalue weighted by atomic mass is 16.6. The van der Waals surface area contributed by atoms with Gasteiger partial charge in [-0.3, -0.25) is 0 Å². The van der Waals surface area contributed by atoms with Crippen LogP contribution >= 0.6 is 0 Å². The second-order valence-electron chi connectivity index (χ2n) is 2.59. The number of rotatable bonds is 5. The van der Waals surface area contributed by atoms with Gasteiger partial charge in [0.25, 0.3) is 0 Å². The first-order chi connectivity index (χ1) is 6.43. The van der Waals surface area contributed by atoms with Crippen molar-refractivity contribution in [1.82, 2.24) is 0 Å². The summed E-state index contributed by atoms with van der Waals surface area (Å²) in [6.45, 7) is 0.471. The minimum atomic E-state index is 0.471. The quantitative estimate of drug-likeness (QED) is 0.224. The normalized spacial score (nSPS) is 8.92. The lowest BCUT2D eigenvalue weighted by Crippen LogP contribution is -1.91. The van der Waals surface area contributed by atoms with Crippen LogP contribution in [0.2, 0.25) is 0 Å². The molecule has 0 radical (unpaired) electrons. The SMILES string of the molecule is [N-]=[N+]=NOCCCc1ccccc1. The molecule has 0 bridgehead atoms.